The molecule has 0 radical (unpaired) electrons. The van der Waals surface area contributed by atoms with E-state index in [9.17, 15) is 0 Å². The highest BCUT2D eigenvalue weighted by atomic mass is 127. The van der Waals surface area contributed by atoms with Gasteiger partial charge in [0.1, 0.15) is 0 Å². The number of hydrogen-bond acceptors (Lipinski definition) is 3. The van der Waals surface area contributed by atoms with E-state index in [0.29, 0.717) is 6.04 Å². The lowest BCUT2D eigenvalue weighted by atomic mass is 10.2. The minimum absolute atomic E-state index is 0.704. The van der Waals surface area contributed by atoms with E-state index in [2.05, 4.69) is 34.7 Å². The van der Waals surface area contributed by atoms with Crippen molar-refractivity contribution in [2.45, 2.75) is 6.04 Å². The van der Waals surface area contributed by atoms with Gasteiger partial charge in [0.25, 0.3) is 0 Å². The van der Waals surface area contributed by atoms with Crippen LogP contribution in [-0.2, 0) is 19.3 Å². The molecule has 0 saturated carbocycles. The normalized spacial score (nSPS) is 11.7. The van der Waals surface area contributed by atoms with E-state index >= 15 is 0 Å². The van der Waals surface area contributed by atoms with Crippen molar-refractivity contribution in [3.63, 3.8) is 0 Å². The summed E-state index contributed by atoms with van der Waals surface area (Å²) >= 11 is 2.30. The molecule has 0 atom stereocenters. The fourth-order valence-corrected chi connectivity index (χ4v) is 3.99. The van der Waals surface area contributed by atoms with Crippen LogP contribution in [0.1, 0.15) is 5.56 Å². The Hall–Kier alpha value is 0.0469. The summed E-state index contributed by atoms with van der Waals surface area (Å²) in [4.78, 5) is 0. The van der Waals surface area contributed by atoms with E-state index < -0.39 is 8.80 Å². The molecule has 0 N–H and O–H groups in total. The molecule has 0 bridgehead atoms. The molecule has 84 valence electrons. The minimum Gasteiger partial charge on any atom is -0.377 e. The van der Waals surface area contributed by atoms with Gasteiger partial charge in [-0.05, 0) is 34.2 Å². The summed E-state index contributed by atoms with van der Waals surface area (Å²) in [6, 6.07) is 8.87. The number of benzene rings is 1. The molecule has 5 heteroatoms. The van der Waals surface area contributed by atoms with Gasteiger partial charge >= 0.3 is 8.80 Å². The van der Waals surface area contributed by atoms with Gasteiger partial charge in [-0.1, -0.05) is 18.2 Å². The lowest BCUT2D eigenvalue weighted by Crippen LogP contribution is -2.45. The summed E-state index contributed by atoms with van der Waals surface area (Å²) in [7, 11) is 2.41. The first-order valence-electron chi connectivity index (χ1n) is 4.56. The van der Waals surface area contributed by atoms with Crippen molar-refractivity contribution in [1.29, 1.82) is 0 Å². The van der Waals surface area contributed by atoms with Crippen molar-refractivity contribution in [2.24, 2.45) is 0 Å². The van der Waals surface area contributed by atoms with Gasteiger partial charge in [-0.2, -0.15) is 0 Å². The molecule has 1 aromatic carbocycles. The number of rotatable bonds is 5. The van der Waals surface area contributed by atoms with Crippen LogP contribution >= 0.6 is 22.6 Å². The summed E-state index contributed by atoms with van der Waals surface area (Å²) in [5, 5.41) is 0. The van der Waals surface area contributed by atoms with Gasteiger partial charge in [-0.25, -0.2) is 0 Å². The van der Waals surface area contributed by atoms with Crippen LogP contribution in [-0.4, -0.2) is 30.1 Å². The third-order valence-corrected chi connectivity index (χ3v) is 6.03. The maximum Gasteiger partial charge on any atom is 0.504 e. The van der Waals surface area contributed by atoms with Crippen LogP contribution in [0, 0.1) is 3.57 Å². The summed E-state index contributed by atoms with van der Waals surface area (Å²) in [6.45, 7) is 0. The standard InChI is InChI=1S/C10H15IO3Si/c1-12-15(13-2,14-3)8-9-6-4-5-7-10(9)11/h4-7H,8H2,1-3H3. The van der Waals surface area contributed by atoms with Crippen LogP contribution in [0.3, 0.4) is 0 Å². The summed E-state index contributed by atoms with van der Waals surface area (Å²) in [5.41, 5.74) is 1.20. The molecular weight excluding hydrogens is 323 g/mol. The van der Waals surface area contributed by atoms with Crippen molar-refractivity contribution < 1.29 is 13.3 Å². The van der Waals surface area contributed by atoms with Crippen LogP contribution in [0.4, 0.5) is 0 Å². The molecule has 0 spiro atoms. The topological polar surface area (TPSA) is 27.7 Å². The van der Waals surface area contributed by atoms with Crippen molar-refractivity contribution in [3.05, 3.63) is 33.4 Å². The zero-order valence-corrected chi connectivity index (χ0v) is 12.3. The summed E-state index contributed by atoms with van der Waals surface area (Å²) in [5.74, 6) is 0. The van der Waals surface area contributed by atoms with Crippen LogP contribution in [0.15, 0.2) is 24.3 Å². The maximum absolute atomic E-state index is 5.39. The molecule has 1 aromatic rings. The average Bonchev–Trinajstić information content (AvgIpc) is 2.29. The first-order chi connectivity index (χ1) is 7.17. The van der Waals surface area contributed by atoms with Gasteiger partial charge in [0.05, 0.1) is 0 Å². The Labute approximate surface area is 105 Å². The Morgan fingerprint density at radius 1 is 1.07 bits per heavy atom. The maximum atomic E-state index is 5.39. The second-order valence-corrected chi connectivity index (χ2v) is 7.17. The highest BCUT2D eigenvalue weighted by molar-refractivity contribution is 14.1. The van der Waals surface area contributed by atoms with Gasteiger partial charge in [0.15, 0.2) is 0 Å². The summed E-state index contributed by atoms with van der Waals surface area (Å²) in [6.07, 6.45) is 0. The van der Waals surface area contributed by atoms with Crippen molar-refractivity contribution >= 4 is 31.4 Å². The number of halogens is 1. The van der Waals surface area contributed by atoms with Gasteiger partial charge < -0.3 is 13.3 Å². The van der Waals surface area contributed by atoms with Crippen molar-refractivity contribution in [2.75, 3.05) is 21.3 Å². The van der Waals surface area contributed by atoms with E-state index in [1.54, 1.807) is 21.3 Å². The Balaban J connectivity index is 2.88. The Bertz CT molecular complexity index is 307. The summed E-state index contributed by atoms with van der Waals surface area (Å²) < 4.78 is 17.4. The Morgan fingerprint density at radius 3 is 2.07 bits per heavy atom. The van der Waals surface area contributed by atoms with Crippen LogP contribution < -0.4 is 0 Å². The van der Waals surface area contributed by atoms with E-state index in [-0.39, 0.29) is 0 Å². The molecule has 0 amide bonds. The van der Waals surface area contributed by atoms with Crippen LogP contribution in [0.25, 0.3) is 0 Å². The third-order valence-electron chi connectivity index (χ3n) is 2.30. The molecule has 15 heavy (non-hydrogen) atoms. The largest absolute Gasteiger partial charge is 0.504 e. The second kappa shape index (κ2) is 5.95. The minimum atomic E-state index is -2.49. The molecule has 0 aliphatic rings. The first kappa shape index (κ1) is 13.1. The van der Waals surface area contributed by atoms with Gasteiger partial charge in [0.2, 0.25) is 0 Å². The quantitative estimate of drug-likeness (QED) is 0.609. The molecule has 0 heterocycles. The van der Waals surface area contributed by atoms with Gasteiger partial charge in [-0.15, -0.1) is 0 Å². The molecule has 0 aliphatic carbocycles. The fourth-order valence-electron chi connectivity index (χ4n) is 1.34. The molecule has 0 aliphatic heterocycles. The van der Waals surface area contributed by atoms with Gasteiger partial charge in [-0.3, -0.25) is 0 Å². The van der Waals surface area contributed by atoms with Gasteiger partial charge in [0, 0.05) is 30.9 Å². The SMILES string of the molecule is CO[Si](Cc1ccccc1I)(OC)OC. The van der Waals surface area contributed by atoms with Crippen molar-refractivity contribution in [3.8, 4) is 0 Å². The molecular formula is C10H15IO3Si. The molecule has 0 aromatic heterocycles. The van der Waals surface area contributed by atoms with E-state index in [0.717, 1.165) is 0 Å². The van der Waals surface area contributed by atoms with E-state index in [1.807, 2.05) is 12.1 Å². The fraction of sp³-hybridized carbons (Fsp3) is 0.400. The van der Waals surface area contributed by atoms with E-state index in [1.165, 1.54) is 9.13 Å². The average molecular weight is 338 g/mol. The number of hydrogen-bond donors (Lipinski definition) is 0. The molecule has 1 rings (SSSR count). The molecule has 0 unspecified atom stereocenters. The zero-order chi connectivity index (χ0) is 11.3. The van der Waals surface area contributed by atoms with Crippen LogP contribution in [0.5, 0.6) is 0 Å². The highest BCUT2D eigenvalue weighted by Crippen LogP contribution is 2.19. The predicted molar refractivity (Wildman–Crippen MR) is 69.6 cm³/mol. The zero-order valence-electron chi connectivity index (χ0n) is 9.12. The predicted octanol–water partition coefficient (Wildman–Crippen LogP) is 2.25. The Morgan fingerprint density at radius 2 is 1.60 bits per heavy atom. The first-order valence-corrected chi connectivity index (χ1v) is 7.57. The third kappa shape index (κ3) is 3.25. The second-order valence-electron chi connectivity index (χ2n) is 3.06. The molecule has 0 fully saturated rings. The smallest absolute Gasteiger partial charge is 0.377 e. The molecule has 0 saturated heterocycles. The van der Waals surface area contributed by atoms with Crippen molar-refractivity contribution in [1.82, 2.24) is 0 Å². The monoisotopic (exact) mass is 338 g/mol. The Kier molecular flexibility index (Phi) is 5.20. The lowest BCUT2D eigenvalue weighted by molar-refractivity contribution is 0.122. The van der Waals surface area contributed by atoms with E-state index in [4.69, 9.17) is 13.3 Å². The van der Waals surface area contributed by atoms with Crippen LogP contribution in [0.2, 0.25) is 0 Å². The highest BCUT2D eigenvalue weighted by Gasteiger charge is 2.38. The molecule has 3 nitrogen and oxygen atoms in total. The lowest BCUT2D eigenvalue weighted by Gasteiger charge is -2.24.